The Kier molecular flexibility index (Phi) is 5.43. The van der Waals surface area contributed by atoms with Gasteiger partial charge in [0.15, 0.2) is 0 Å². The van der Waals surface area contributed by atoms with Crippen LogP contribution in [0.2, 0.25) is 0 Å². The molecule has 0 aliphatic heterocycles. The number of non-ortho nitro benzene ring substituents is 1. The lowest BCUT2D eigenvalue weighted by Crippen LogP contribution is -2.33. The van der Waals surface area contributed by atoms with Crippen LogP contribution in [-0.2, 0) is 6.42 Å². The van der Waals surface area contributed by atoms with Crippen molar-refractivity contribution in [1.82, 2.24) is 5.32 Å². The standard InChI is InChI=1S/C17H18N2O4/c1-12-7-8-14(19(22)23)10-16(12)17(21)18-11-15(20)9-13-5-3-2-4-6-13/h2-8,10,15,20H,9,11H2,1H3,(H,18,21). The third-order valence-corrected chi connectivity index (χ3v) is 3.49. The van der Waals surface area contributed by atoms with Crippen molar-refractivity contribution in [3.05, 3.63) is 75.3 Å². The van der Waals surface area contributed by atoms with Gasteiger partial charge in [0.1, 0.15) is 0 Å². The Labute approximate surface area is 133 Å². The van der Waals surface area contributed by atoms with Crippen LogP contribution < -0.4 is 5.32 Å². The quantitative estimate of drug-likeness (QED) is 0.631. The Hall–Kier alpha value is -2.73. The second kappa shape index (κ2) is 7.51. The van der Waals surface area contributed by atoms with Crippen LogP contribution in [0.3, 0.4) is 0 Å². The summed E-state index contributed by atoms with van der Waals surface area (Å²) in [5, 5.41) is 23.4. The predicted octanol–water partition coefficient (Wildman–Crippen LogP) is 2.24. The number of hydrogen-bond donors (Lipinski definition) is 2. The molecular weight excluding hydrogens is 296 g/mol. The van der Waals surface area contributed by atoms with Crippen molar-refractivity contribution in [3.63, 3.8) is 0 Å². The van der Waals surface area contributed by atoms with Gasteiger partial charge in [-0.1, -0.05) is 36.4 Å². The van der Waals surface area contributed by atoms with E-state index in [1.807, 2.05) is 30.3 Å². The first-order valence-corrected chi connectivity index (χ1v) is 7.22. The summed E-state index contributed by atoms with van der Waals surface area (Å²) in [6, 6.07) is 13.6. The Bertz CT molecular complexity index is 701. The number of aryl methyl sites for hydroxylation is 1. The lowest BCUT2D eigenvalue weighted by atomic mass is 10.1. The van der Waals surface area contributed by atoms with Crippen LogP contribution in [-0.4, -0.2) is 28.6 Å². The van der Waals surface area contributed by atoms with Gasteiger partial charge in [0.25, 0.3) is 11.6 Å². The number of carbonyl (C=O) groups is 1. The summed E-state index contributed by atoms with van der Waals surface area (Å²) in [5.41, 5.74) is 1.73. The van der Waals surface area contributed by atoms with Gasteiger partial charge in [0, 0.05) is 30.7 Å². The highest BCUT2D eigenvalue weighted by Gasteiger charge is 2.15. The van der Waals surface area contributed by atoms with Crippen LogP contribution in [0.15, 0.2) is 48.5 Å². The average Bonchev–Trinajstić information content (AvgIpc) is 2.53. The van der Waals surface area contributed by atoms with E-state index in [0.29, 0.717) is 12.0 Å². The molecule has 1 amide bonds. The molecule has 2 aromatic carbocycles. The van der Waals surface area contributed by atoms with Gasteiger partial charge in [-0.3, -0.25) is 14.9 Å². The maximum absolute atomic E-state index is 12.2. The molecule has 0 saturated heterocycles. The van der Waals surface area contributed by atoms with Crippen LogP contribution in [0.25, 0.3) is 0 Å². The highest BCUT2D eigenvalue weighted by atomic mass is 16.6. The van der Waals surface area contributed by atoms with Crippen LogP contribution in [0.4, 0.5) is 5.69 Å². The molecule has 0 spiro atoms. The van der Waals surface area contributed by atoms with Crippen molar-refractivity contribution in [2.75, 3.05) is 6.54 Å². The number of nitro groups is 1. The fraction of sp³-hybridized carbons (Fsp3) is 0.235. The molecular formula is C17H18N2O4. The van der Waals surface area contributed by atoms with Crippen molar-refractivity contribution in [1.29, 1.82) is 0 Å². The fourth-order valence-corrected chi connectivity index (χ4v) is 2.23. The lowest BCUT2D eigenvalue weighted by Gasteiger charge is -2.13. The van der Waals surface area contributed by atoms with Gasteiger partial charge in [-0.15, -0.1) is 0 Å². The number of amides is 1. The van der Waals surface area contributed by atoms with E-state index in [-0.39, 0.29) is 17.8 Å². The predicted molar refractivity (Wildman–Crippen MR) is 86.3 cm³/mol. The van der Waals surface area contributed by atoms with Gasteiger partial charge in [-0.05, 0) is 18.1 Å². The minimum absolute atomic E-state index is 0.0792. The number of hydrogen-bond acceptors (Lipinski definition) is 4. The molecule has 1 atom stereocenters. The second-order valence-corrected chi connectivity index (χ2v) is 5.31. The summed E-state index contributed by atoms with van der Waals surface area (Å²) in [5.74, 6) is -0.432. The molecule has 0 aliphatic carbocycles. The van der Waals surface area contributed by atoms with Crippen LogP contribution in [0.5, 0.6) is 0 Å². The summed E-state index contributed by atoms with van der Waals surface area (Å²) in [6.07, 6.45) is -0.296. The first-order chi connectivity index (χ1) is 11.0. The van der Waals surface area contributed by atoms with Crippen molar-refractivity contribution < 1.29 is 14.8 Å². The number of carbonyl (C=O) groups excluding carboxylic acids is 1. The highest BCUT2D eigenvalue weighted by molar-refractivity contribution is 5.96. The maximum atomic E-state index is 12.2. The largest absolute Gasteiger partial charge is 0.391 e. The van der Waals surface area contributed by atoms with Crippen molar-refractivity contribution in [3.8, 4) is 0 Å². The third kappa shape index (κ3) is 4.62. The Morgan fingerprint density at radius 3 is 2.61 bits per heavy atom. The molecule has 0 aliphatic rings. The number of benzene rings is 2. The van der Waals surface area contributed by atoms with Crippen molar-refractivity contribution >= 4 is 11.6 Å². The van der Waals surface area contributed by atoms with Gasteiger partial charge in [0.2, 0.25) is 0 Å². The summed E-state index contributed by atoms with van der Waals surface area (Å²) < 4.78 is 0. The van der Waals surface area contributed by atoms with Gasteiger partial charge < -0.3 is 10.4 Å². The number of aliphatic hydroxyl groups is 1. The van der Waals surface area contributed by atoms with E-state index in [1.165, 1.54) is 18.2 Å². The van der Waals surface area contributed by atoms with Gasteiger partial charge in [-0.2, -0.15) is 0 Å². The highest BCUT2D eigenvalue weighted by Crippen LogP contribution is 2.17. The van der Waals surface area contributed by atoms with Crippen LogP contribution in [0.1, 0.15) is 21.5 Å². The Balaban J connectivity index is 1.97. The summed E-state index contributed by atoms with van der Waals surface area (Å²) in [7, 11) is 0. The Morgan fingerprint density at radius 2 is 1.96 bits per heavy atom. The molecule has 2 aromatic rings. The third-order valence-electron chi connectivity index (χ3n) is 3.49. The van der Waals surface area contributed by atoms with E-state index in [1.54, 1.807) is 6.92 Å². The minimum Gasteiger partial charge on any atom is -0.391 e. The molecule has 0 heterocycles. The van der Waals surface area contributed by atoms with Gasteiger partial charge in [-0.25, -0.2) is 0 Å². The number of nitrogens with zero attached hydrogens (tertiary/aromatic N) is 1. The van der Waals surface area contributed by atoms with E-state index >= 15 is 0 Å². The number of nitro benzene ring substituents is 1. The molecule has 0 aromatic heterocycles. The number of rotatable bonds is 6. The van der Waals surface area contributed by atoms with E-state index in [2.05, 4.69) is 5.32 Å². The maximum Gasteiger partial charge on any atom is 0.270 e. The van der Waals surface area contributed by atoms with Crippen molar-refractivity contribution in [2.45, 2.75) is 19.4 Å². The lowest BCUT2D eigenvalue weighted by molar-refractivity contribution is -0.384. The van der Waals surface area contributed by atoms with E-state index in [4.69, 9.17) is 0 Å². The summed E-state index contributed by atoms with van der Waals surface area (Å²) in [4.78, 5) is 22.4. The molecule has 2 N–H and O–H groups in total. The SMILES string of the molecule is Cc1ccc([N+](=O)[O-])cc1C(=O)NCC(O)Cc1ccccc1. The van der Waals surface area contributed by atoms with E-state index < -0.39 is 16.9 Å². The summed E-state index contributed by atoms with van der Waals surface area (Å²) in [6.45, 7) is 1.79. The fourth-order valence-electron chi connectivity index (χ4n) is 2.23. The average molecular weight is 314 g/mol. The first-order valence-electron chi connectivity index (χ1n) is 7.22. The second-order valence-electron chi connectivity index (χ2n) is 5.31. The normalized spacial score (nSPS) is 11.7. The first kappa shape index (κ1) is 16.6. The zero-order chi connectivity index (χ0) is 16.8. The minimum atomic E-state index is -0.722. The van der Waals surface area contributed by atoms with E-state index in [0.717, 1.165) is 5.56 Å². The monoisotopic (exact) mass is 314 g/mol. The summed E-state index contributed by atoms with van der Waals surface area (Å²) >= 11 is 0. The molecule has 2 rings (SSSR count). The van der Waals surface area contributed by atoms with Gasteiger partial charge >= 0.3 is 0 Å². The topological polar surface area (TPSA) is 92.5 Å². The molecule has 0 saturated carbocycles. The molecule has 6 nitrogen and oxygen atoms in total. The molecule has 0 radical (unpaired) electrons. The smallest absolute Gasteiger partial charge is 0.270 e. The number of nitrogens with one attached hydrogen (secondary N) is 1. The van der Waals surface area contributed by atoms with Crippen LogP contribution in [0, 0.1) is 17.0 Å². The van der Waals surface area contributed by atoms with Crippen LogP contribution >= 0.6 is 0 Å². The zero-order valence-corrected chi connectivity index (χ0v) is 12.7. The molecule has 120 valence electrons. The molecule has 1 unspecified atom stereocenters. The molecule has 6 heteroatoms. The van der Waals surface area contributed by atoms with E-state index in [9.17, 15) is 20.0 Å². The molecule has 0 bridgehead atoms. The zero-order valence-electron chi connectivity index (χ0n) is 12.7. The number of aliphatic hydroxyl groups excluding tert-OH is 1. The Morgan fingerprint density at radius 1 is 1.26 bits per heavy atom. The van der Waals surface area contributed by atoms with Gasteiger partial charge in [0.05, 0.1) is 11.0 Å². The van der Waals surface area contributed by atoms with Crippen molar-refractivity contribution in [2.24, 2.45) is 0 Å². The molecule has 0 fully saturated rings. The molecule has 23 heavy (non-hydrogen) atoms.